The quantitative estimate of drug-likeness (QED) is 0.718. The summed E-state index contributed by atoms with van der Waals surface area (Å²) in [5, 5.41) is 8.38. The number of halogens is 1. The summed E-state index contributed by atoms with van der Waals surface area (Å²) in [7, 11) is 1.83. The average molecular weight is 433 g/mol. The van der Waals surface area contributed by atoms with E-state index in [1.807, 2.05) is 26.1 Å². The van der Waals surface area contributed by atoms with Crippen molar-refractivity contribution in [3.05, 3.63) is 34.1 Å². The fourth-order valence-electron chi connectivity index (χ4n) is 4.69. The number of amides is 1. The van der Waals surface area contributed by atoms with Gasteiger partial charge in [-0.3, -0.25) is 9.69 Å². The van der Waals surface area contributed by atoms with Crippen molar-refractivity contribution in [3.63, 3.8) is 0 Å². The van der Waals surface area contributed by atoms with Gasteiger partial charge in [-0.2, -0.15) is 0 Å². The molecule has 160 valence electrons. The predicted octanol–water partition coefficient (Wildman–Crippen LogP) is 3.02. The van der Waals surface area contributed by atoms with Gasteiger partial charge < -0.3 is 14.4 Å². The molecule has 2 aromatic rings. The minimum atomic E-state index is 0.110. The molecule has 0 bridgehead atoms. The maximum absolute atomic E-state index is 12.9. The van der Waals surface area contributed by atoms with E-state index in [2.05, 4.69) is 15.2 Å². The monoisotopic (exact) mass is 432 g/mol. The lowest BCUT2D eigenvalue weighted by molar-refractivity contribution is -0.133. The third-order valence-electron chi connectivity index (χ3n) is 6.78. The molecule has 2 fully saturated rings. The molecule has 1 saturated heterocycles. The largest absolute Gasteiger partial charge is 0.454 e. The molecule has 3 heterocycles. The number of rotatable bonds is 5. The topological polar surface area (TPSA) is 80.9 Å². The fourth-order valence-corrected chi connectivity index (χ4v) is 4.90. The number of carbonyl (C=O) groups is 1. The van der Waals surface area contributed by atoms with E-state index in [0.717, 1.165) is 61.6 Å². The first-order chi connectivity index (χ1) is 14.4. The van der Waals surface area contributed by atoms with E-state index in [0.29, 0.717) is 17.3 Å². The van der Waals surface area contributed by atoms with Crippen LogP contribution in [0.4, 0.5) is 0 Å². The van der Waals surface area contributed by atoms with Crippen LogP contribution in [0, 0.1) is 18.3 Å². The van der Waals surface area contributed by atoms with Gasteiger partial charge in [0.15, 0.2) is 11.5 Å². The molecule has 1 aliphatic carbocycles. The van der Waals surface area contributed by atoms with Crippen LogP contribution < -0.4 is 9.47 Å². The molecule has 9 heteroatoms. The van der Waals surface area contributed by atoms with E-state index < -0.39 is 0 Å². The van der Waals surface area contributed by atoms with Gasteiger partial charge in [-0.05, 0) is 56.3 Å². The van der Waals surface area contributed by atoms with Gasteiger partial charge in [0.1, 0.15) is 11.4 Å². The molecule has 5 rings (SSSR count). The Morgan fingerprint density at radius 1 is 1.27 bits per heavy atom. The van der Waals surface area contributed by atoms with Crippen LogP contribution in [0.25, 0.3) is 0 Å². The number of nitrogens with zero attached hydrogens (tertiary/aromatic N) is 4. The zero-order valence-corrected chi connectivity index (χ0v) is 17.9. The number of fused-ring (bicyclic) bond motifs is 1. The summed E-state index contributed by atoms with van der Waals surface area (Å²) >= 11 is 6.44. The van der Waals surface area contributed by atoms with E-state index in [4.69, 9.17) is 25.7 Å². The first-order valence-corrected chi connectivity index (χ1v) is 10.7. The zero-order valence-electron chi connectivity index (χ0n) is 17.2. The highest BCUT2D eigenvalue weighted by molar-refractivity contribution is 6.31. The Morgan fingerprint density at radius 2 is 2.00 bits per heavy atom. The third kappa shape index (κ3) is 3.52. The Labute approximate surface area is 180 Å². The van der Waals surface area contributed by atoms with Gasteiger partial charge in [-0.15, -0.1) is 0 Å². The second-order valence-corrected chi connectivity index (χ2v) is 9.09. The molecule has 2 aliphatic heterocycles. The van der Waals surface area contributed by atoms with Gasteiger partial charge in [0.25, 0.3) is 0 Å². The number of carbonyl (C=O) groups excluding carboxylic acids is 1. The molecule has 30 heavy (non-hydrogen) atoms. The molecule has 1 spiro atoms. The minimum Gasteiger partial charge on any atom is -0.454 e. The molecular formula is C21H25ClN4O4. The van der Waals surface area contributed by atoms with Gasteiger partial charge in [0.05, 0.1) is 6.54 Å². The van der Waals surface area contributed by atoms with Crippen molar-refractivity contribution in [3.8, 4) is 11.5 Å². The highest BCUT2D eigenvalue weighted by atomic mass is 35.5. The molecule has 1 aromatic heterocycles. The van der Waals surface area contributed by atoms with E-state index in [1.54, 1.807) is 4.90 Å². The van der Waals surface area contributed by atoms with Crippen LogP contribution in [-0.4, -0.2) is 53.0 Å². The highest BCUT2D eigenvalue weighted by Gasteiger charge is 2.59. The van der Waals surface area contributed by atoms with Gasteiger partial charge in [-0.1, -0.05) is 21.9 Å². The summed E-state index contributed by atoms with van der Waals surface area (Å²) in [5.74, 6) is 1.78. The average Bonchev–Trinajstić information content (AvgIpc) is 3.01. The van der Waals surface area contributed by atoms with E-state index in [9.17, 15) is 4.79 Å². The third-order valence-corrected chi connectivity index (χ3v) is 7.14. The molecule has 0 N–H and O–H groups in total. The van der Waals surface area contributed by atoms with E-state index >= 15 is 0 Å². The van der Waals surface area contributed by atoms with Crippen LogP contribution in [-0.2, 0) is 17.9 Å². The van der Waals surface area contributed by atoms with Crippen LogP contribution in [0.15, 0.2) is 16.8 Å². The molecule has 1 atom stereocenters. The van der Waals surface area contributed by atoms with Crippen LogP contribution in [0.2, 0.25) is 5.02 Å². The van der Waals surface area contributed by atoms with Crippen molar-refractivity contribution in [2.45, 2.75) is 39.3 Å². The lowest BCUT2D eigenvalue weighted by Gasteiger charge is -2.33. The summed E-state index contributed by atoms with van der Waals surface area (Å²) in [6.07, 6.45) is 3.04. The van der Waals surface area contributed by atoms with E-state index in [1.165, 1.54) is 0 Å². The number of piperidine rings is 1. The van der Waals surface area contributed by atoms with Crippen molar-refractivity contribution in [2.24, 2.45) is 11.3 Å². The van der Waals surface area contributed by atoms with Gasteiger partial charge in [0.2, 0.25) is 12.7 Å². The number of benzene rings is 1. The normalized spacial score (nSPS) is 21.8. The first-order valence-electron chi connectivity index (χ1n) is 10.3. The van der Waals surface area contributed by atoms with Crippen molar-refractivity contribution in [2.75, 3.05) is 26.9 Å². The number of hydrogen-bond acceptors (Lipinski definition) is 7. The molecule has 1 aromatic carbocycles. The smallest absolute Gasteiger partial charge is 0.231 e. The van der Waals surface area contributed by atoms with E-state index in [-0.39, 0.29) is 24.0 Å². The Hall–Kier alpha value is -2.32. The minimum absolute atomic E-state index is 0.110. The van der Waals surface area contributed by atoms with Crippen molar-refractivity contribution in [1.29, 1.82) is 0 Å². The molecule has 1 unspecified atom stereocenters. The standard InChI is InChI=1S/C21H25ClN4O4/c1-13-17(24-30-23-13)11-25(2)20(27)15-9-21(15)3-5-26(6-4-21)10-14-7-18-19(8-16(14)22)29-12-28-18/h7-8,15H,3-6,9-12H2,1-2H3. The summed E-state index contributed by atoms with van der Waals surface area (Å²) in [6.45, 7) is 5.23. The van der Waals surface area contributed by atoms with Gasteiger partial charge in [0, 0.05) is 30.6 Å². The number of aryl methyl sites for hydroxylation is 1. The maximum atomic E-state index is 12.9. The molecule has 1 amide bonds. The molecular weight excluding hydrogens is 408 g/mol. The number of aromatic nitrogens is 2. The van der Waals surface area contributed by atoms with Crippen molar-refractivity contribution < 1.29 is 18.9 Å². The summed E-state index contributed by atoms with van der Waals surface area (Å²) in [6, 6.07) is 3.82. The van der Waals surface area contributed by atoms with Crippen LogP contribution in [0.3, 0.4) is 0 Å². The lowest BCUT2D eigenvalue weighted by atomic mass is 9.90. The Balaban J connectivity index is 1.16. The molecule has 3 aliphatic rings. The van der Waals surface area contributed by atoms with Crippen molar-refractivity contribution >= 4 is 17.5 Å². The second-order valence-electron chi connectivity index (χ2n) is 8.68. The SMILES string of the molecule is Cc1nonc1CN(C)C(=O)C1CC12CCN(Cc1cc3c(cc1Cl)OCO3)CC2. The molecule has 1 saturated carbocycles. The zero-order chi connectivity index (χ0) is 20.9. The number of hydrogen-bond donors (Lipinski definition) is 0. The highest BCUT2D eigenvalue weighted by Crippen LogP contribution is 2.60. The molecule has 8 nitrogen and oxygen atoms in total. The molecule has 0 radical (unpaired) electrons. The lowest BCUT2D eigenvalue weighted by Crippen LogP contribution is -2.37. The first kappa shape index (κ1) is 19.6. The Morgan fingerprint density at radius 3 is 2.70 bits per heavy atom. The second kappa shape index (κ2) is 7.42. The summed E-state index contributed by atoms with van der Waals surface area (Å²) in [5.41, 5.74) is 2.65. The Bertz CT molecular complexity index is 970. The van der Waals surface area contributed by atoms with Gasteiger partial charge >= 0.3 is 0 Å². The van der Waals surface area contributed by atoms with Crippen LogP contribution >= 0.6 is 11.6 Å². The predicted molar refractivity (Wildman–Crippen MR) is 108 cm³/mol. The van der Waals surface area contributed by atoms with Gasteiger partial charge in [-0.25, -0.2) is 4.63 Å². The summed E-state index contributed by atoms with van der Waals surface area (Å²) < 4.78 is 15.6. The van der Waals surface area contributed by atoms with Crippen LogP contribution in [0.5, 0.6) is 11.5 Å². The van der Waals surface area contributed by atoms with Crippen molar-refractivity contribution in [1.82, 2.24) is 20.1 Å². The Kier molecular flexibility index (Phi) is 4.86. The number of likely N-dealkylation sites (tertiary alicyclic amines) is 1. The summed E-state index contributed by atoms with van der Waals surface area (Å²) in [4.78, 5) is 17.1. The maximum Gasteiger partial charge on any atom is 0.231 e. The fraction of sp³-hybridized carbons (Fsp3) is 0.571. The van der Waals surface area contributed by atoms with Crippen LogP contribution in [0.1, 0.15) is 36.2 Å². The number of ether oxygens (including phenoxy) is 2.